The van der Waals surface area contributed by atoms with Gasteiger partial charge in [-0.2, -0.15) is 13.2 Å². The summed E-state index contributed by atoms with van der Waals surface area (Å²) in [6.45, 7) is 0.890. The number of hydrogen-bond donors (Lipinski definition) is 2. The molecule has 0 rings (SSSR count). The second kappa shape index (κ2) is 4.01. The van der Waals surface area contributed by atoms with Crippen LogP contribution in [0.3, 0.4) is 0 Å². The van der Waals surface area contributed by atoms with Gasteiger partial charge in [0.05, 0.1) is 0 Å². The molecule has 0 aliphatic rings. The van der Waals surface area contributed by atoms with Gasteiger partial charge in [0, 0.05) is 6.08 Å². The monoisotopic (exact) mass is 216 g/mol. The number of allylic oxidation sites excluding steroid dienone is 1. The highest BCUT2D eigenvalue weighted by atomic mass is 32.2. The Kier molecular flexibility index (Phi) is 3.80. The molecule has 0 aromatic rings. The third kappa shape index (κ3) is 5.53. The highest BCUT2D eigenvalue weighted by Crippen LogP contribution is 2.26. The van der Waals surface area contributed by atoms with E-state index < -0.39 is 17.1 Å². The Labute approximate surface area is 76.2 Å². The number of rotatable bonds is 3. The molecule has 0 saturated carbocycles. The Balaban J connectivity index is 4.17. The fourth-order valence-electron chi connectivity index (χ4n) is 0.294. The molecule has 0 spiro atoms. The first-order valence-corrected chi connectivity index (χ1v) is 3.91. The van der Waals surface area contributed by atoms with Gasteiger partial charge in [-0.1, -0.05) is 11.8 Å². The summed E-state index contributed by atoms with van der Waals surface area (Å²) in [5.74, 6) is -1.59. The molecule has 13 heavy (non-hydrogen) atoms. The van der Waals surface area contributed by atoms with Crippen LogP contribution in [0, 0.1) is 0 Å². The fourth-order valence-corrected chi connectivity index (χ4v) is 0.882. The first-order valence-electron chi connectivity index (χ1n) is 3.03. The molecule has 2 N–H and O–H groups in total. The summed E-state index contributed by atoms with van der Waals surface area (Å²) in [4.78, 5) is 7.96. The highest BCUT2D eigenvalue weighted by Gasteiger charge is 2.30. The number of carboxylic acid groups (broad SMARTS) is 1. The zero-order chi connectivity index (χ0) is 10.7. The lowest BCUT2D eigenvalue weighted by atomic mass is 10.4. The van der Waals surface area contributed by atoms with Crippen molar-refractivity contribution in [2.24, 2.45) is 0 Å². The van der Waals surface area contributed by atoms with E-state index in [0.29, 0.717) is 5.41 Å². The predicted octanol–water partition coefficient (Wildman–Crippen LogP) is 1.59. The molecule has 7 heteroatoms. The van der Waals surface area contributed by atoms with Crippen LogP contribution in [0.1, 0.15) is 6.92 Å². The molecule has 0 amide bonds. The molecule has 0 aliphatic carbocycles. The van der Waals surface area contributed by atoms with Crippen LogP contribution >= 0.6 is 11.8 Å². The molecular weight excluding hydrogens is 209 g/mol. The highest BCUT2D eigenvalue weighted by molar-refractivity contribution is 8.03. The van der Waals surface area contributed by atoms with Crippen LogP contribution in [-0.4, -0.2) is 27.3 Å². The van der Waals surface area contributed by atoms with Gasteiger partial charge in [0.25, 0.3) is 0 Å². The molecule has 1 unspecified atom stereocenters. The SMILES string of the molecule is CC(O)(S/C=C/C(F)(F)F)C(=O)O. The van der Waals surface area contributed by atoms with Crippen molar-refractivity contribution in [2.75, 3.05) is 0 Å². The first kappa shape index (κ1) is 12.3. The van der Waals surface area contributed by atoms with E-state index in [2.05, 4.69) is 0 Å². The molecule has 0 bridgehead atoms. The van der Waals surface area contributed by atoms with E-state index in [1.165, 1.54) is 0 Å². The number of alkyl halides is 3. The molecule has 0 aromatic carbocycles. The van der Waals surface area contributed by atoms with E-state index in [-0.39, 0.29) is 17.8 Å². The number of thioether (sulfide) groups is 1. The van der Waals surface area contributed by atoms with Crippen molar-refractivity contribution in [3.63, 3.8) is 0 Å². The van der Waals surface area contributed by atoms with E-state index in [0.717, 1.165) is 6.92 Å². The van der Waals surface area contributed by atoms with Gasteiger partial charge in [-0.05, 0) is 12.3 Å². The van der Waals surface area contributed by atoms with Gasteiger partial charge in [0.15, 0.2) is 0 Å². The first-order chi connectivity index (χ1) is 5.65. The van der Waals surface area contributed by atoms with Crippen molar-refractivity contribution in [3.8, 4) is 0 Å². The maximum Gasteiger partial charge on any atom is 0.410 e. The molecule has 0 saturated heterocycles. The molecule has 0 fully saturated rings. The van der Waals surface area contributed by atoms with E-state index >= 15 is 0 Å². The van der Waals surface area contributed by atoms with Crippen molar-refractivity contribution in [3.05, 3.63) is 11.5 Å². The minimum Gasteiger partial charge on any atom is -0.478 e. The van der Waals surface area contributed by atoms with Gasteiger partial charge >= 0.3 is 12.1 Å². The van der Waals surface area contributed by atoms with Crippen molar-refractivity contribution < 1.29 is 28.2 Å². The maximum atomic E-state index is 11.5. The summed E-state index contributed by atoms with van der Waals surface area (Å²) < 4.78 is 34.5. The van der Waals surface area contributed by atoms with Crippen LogP contribution in [0.25, 0.3) is 0 Å². The minimum absolute atomic E-state index is 0.144. The Bertz CT molecular complexity index is 222. The van der Waals surface area contributed by atoms with Gasteiger partial charge in [0.2, 0.25) is 4.93 Å². The second-order valence-electron chi connectivity index (χ2n) is 2.25. The van der Waals surface area contributed by atoms with Crippen molar-refractivity contribution >= 4 is 17.7 Å². The summed E-state index contributed by atoms with van der Waals surface area (Å²) in [7, 11) is 0. The zero-order valence-corrected chi connectivity index (χ0v) is 7.32. The lowest BCUT2D eigenvalue weighted by molar-refractivity contribution is -0.148. The van der Waals surface area contributed by atoms with Crippen LogP contribution in [0.5, 0.6) is 0 Å². The van der Waals surface area contributed by atoms with Gasteiger partial charge in [-0.3, -0.25) is 0 Å². The van der Waals surface area contributed by atoms with Crippen molar-refractivity contribution in [1.82, 2.24) is 0 Å². The Morgan fingerprint density at radius 2 is 1.92 bits per heavy atom. The lowest BCUT2D eigenvalue weighted by Crippen LogP contribution is -2.29. The average molecular weight is 216 g/mol. The Morgan fingerprint density at radius 1 is 1.46 bits per heavy atom. The Hall–Kier alpha value is -0.690. The maximum absolute atomic E-state index is 11.5. The van der Waals surface area contributed by atoms with Crippen molar-refractivity contribution in [2.45, 2.75) is 18.0 Å². The standard InChI is InChI=1S/C6H7F3O3S/c1-5(12,4(10)11)13-3-2-6(7,8)9/h2-3,12H,1H3,(H,10,11)/b3-2+. The largest absolute Gasteiger partial charge is 0.478 e. The summed E-state index contributed by atoms with van der Waals surface area (Å²) in [5, 5.41) is 17.7. The molecule has 0 heterocycles. The van der Waals surface area contributed by atoms with Crippen LogP contribution in [-0.2, 0) is 4.79 Å². The molecule has 1 atom stereocenters. The molecule has 3 nitrogen and oxygen atoms in total. The summed E-state index contributed by atoms with van der Waals surface area (Å²) in [5.41, 5.74) is 0. The molecule has 0 aliphatic heterocycles. The molecule has 0 aromatic heterocycles. The number of hydrogen-bond acceptors (Lipinski definition) is 3. The summed E-state index contributed by atoms with van der Waals surface area (Å²) in [6.07, 6.45) is -4.64. The van der Waals surface area contributed by atoms with E-state index in [9.17, 15) is 18.0 Å². The normalized spacial score (nSPS) is 17.3. The van der Waals surface area contributed by atoms with Crippen LogP contribution in [0.15, 0.2) is 11.5 Å². The lowest BCUT2D eigenvalue weighted by Gasteiger charge is -2.13. The van der Waals surface area contributed by atoms with Gasteiger partial charge in [-0.15, -0.1) is 0 Å². The number of aliphatic carboxylic acids is 1. The third-order valence-electron chi connectivity index (χ3n) is 0.951. The van der Waals surface area contributed by atoms with Crippen LogP contribution in [0.4, 0.5) is 13.2 Å². The van der Waals surface area contributed by atoms with E-state index in [4.69, 9.17) is 10.2 Å². The zero-order valence-electron chi connectivity index (χ0n) is 6.50. The van der Waals surface area contributed by atoms with Crippen LogP contribution in [0.2, 0.25) is 0 Å². The van der Waals surface area contributed by atoms with Crippen molar-refractivity contribution in [1.29, 1.82) is 0 Å². The molecule has 76 valence electrons. The minimum atomic E-state index is -4.50. The number of carboxylic acids is 1. The second-order valence-corrected chi connectivity index (χ2v) is 3.55. The smallest absolute Gasteiger partial charge is 0.410 e. The van der Waals surface area contributed by atoms with Gasteiger partial charge in [-0.25, -0.2) is 4.79 Å². The average Bonchev–Trinajstić information content (AvgIpc) is 1.82. The summed E-state index contributed by atoms with van der Waals surface area (Å²) in [6, 6.07) is 0. The molecular formula is C6H7F3O3S. The number of halogens is 3. The van der Waals surface area contributed by atoms with E-state index in [1.807, 2.05) is 0 Å². The fraction of sp³-hybridized carbons (Fsp3) is 0.500. The number of aliphatic hydroxyl groups is 1. The quantitative estimate of drug-likeness (QED) is 0.703. The van der Waals surface area contributed by atoms with E-state index in [1.54, 1.807) is 0 Å². The van der Waals surface area contributed by atoms with Crippen LogP contribution < -0.4 is 0 Å². The predicted molar refractivity (Wildman–Crippen MR) is 41.0 cm³/mol. The topological polar surface area (TPSA) is 57.5 Å². The third-order valence-corrected chi connectivity index (χ3v) is 1.86. The summed E-state index contributed by atoms with van der Waals surface area (Å²) >= 11 is 0.169. The Morgan fingerprint density at radius 3 is 2.23 bits per heavy atom. The molecule has 0 radical (unpaired) electrons. The van der Waals surface area contributed by atoms with Gasteiger partial charge < -0.3 is 10.2 Å². The van der Waals surface area contributed by atoms with Gasteiger partial charge in [0.1, 0.15) is 0 Å². The number of carbonyl (C=O) groups is 1.